The molecule has 0 spiro atoms. The third-order valence-corrected chi connectivity index (χ3v) is 8.63. The lowest BCUT2D eigenvalue weighted by atomic mass is 9.76. The van der Waals surface area contributed by atoms with E-state index in [1.807, 2.05) is 18.2 Å². The Morgan fingerprint density at radius 1 is 0.972 bits per heavy atom. The molecule has 188 valence electrons. The number of pyridine rings is 1. The lowest BCUT2D eigenvalue weighted by molar-refractivity contribution is -0.116. The zero-order valence-corrected chi connectivity index (χ0v) is 21.2. The molecule has 3 aromatic rings. The van der Waals surface area contributed by atoms with Crippen LogP contribution in [-0.4, -0.2) is 49.0 Å². The number of nitrogens with zero attached hydrogens (tertiary/aromatic N) is 2. The second kappa shape index (κ2) is 12.6. The van der Waals surface area contributed by atoms with Crippen LogP contribution in [0.25, 0.3) is 6.08 Å². The van der Waals surface area contributed by atoms with E-state index in [0.717, 1.165) is 18.4 Å². The summed E-state index contributed by atoms with van der Waals surface area (Å²) in [7, 11) is -3.36. The minimum absolute atomic E-state index is 0.0328. The maximum Gasteiger partial charge on any atom is 0.244 e. The summed E-state index contributed by atoms with van der Waals surface area (Å²) in [4.78, 5) is 16.0. The Kier molecular flexibility index (Phi) is 9.03. The van der Waals surface area contributed by atoms with Crippen molar-refractivity contribution in [1.29, 1.82) is 0 Å². The first kappa shape index (κ1) is 25.8. The fourth-order valence-electron chi connectivity index (χ4n) is 4.85. The van der Waals surface area contributed by atoms with E-state index in [9.17, 15) is 13.2 Å². The monoisotopic (exact) mass is 503 g/mol. The van der Waals surface area contributed by atoms with Crippen molar-refractivity contribution >= 4 is 22.0 Å². The lowest BCUT2D eigenvalue weighted by Gasteiger charge is -2.36. The van der Waals surface area contributed by atoms with Gasteiger partial charge in [-0.2, -0.15) is 0 Å². The summed E-state index contributed by atoms with van der Waals surface area (Å²) >= 11 is 0. The predicted octanol–water partition coefficient (Wildman–Crippen LogP) is 4.48. The van der Waals surface area contributed by atoms with Gasteiger partial charge < -0.3 is 5.32 Å². The number of benzene rings is 2. The van der Waals surface area contributed by atoms with Gasteiger partial charge in [0.25, 0.3) is 0 Å². The van der Waals surface area contributed by atoms with Gasteiger partial charge in [-0.25, -0.2) is 12.7 Å². The van der Waals surface area contributed by atoms with Gasteiger partial charge in [-0.05, 0) is 54.0 Å². The highest BCUT2D eigenvalue weighted by Gasteiger charge is 2.32. The molecule has 0 radical (unpaired) electrons. The molecule has 2 heterocycles. The molecule has 4 rings (SSSR count). The van der Waals surface area contributed by atoms with Crippen LogP contribution in [0.5, 0.6) is 0 Å². The third-order valence-electron chi connectivity index (χ3n) is 6.67. The van der Waals surface area contributed by atoms with Crippen LogP contribution in [0.4, 0.5) is 0 Å². The highest BCUT2D eigenvalue weighted by Crippen LogP contribution is 2.38. The van der Waals surface area contributed by atoms with E-state index in [2.05, 4.69) is 58.8 Å². The molecule has 1 aliphatic heterocycles. The average Bonchev–Trinajstić information content (AvgIpc) is 2.92. The van der Waals surface area contributed by atoms with Crippen LogP contribution in [0.15, 0.2) is 91.3 Å². The van der Waals surface area contributed by atoms with E-state index in [0.29, 0.717) is 32.0 Å². The van der Waals surface area contributed by atoms with E-state index in [4.69, 9.17) is 0 Å². The Morgan fingerprint density at radius 3 is 2.19 bits per heavy atom. The van der Waals surface area contributed by atoms with Crippen LogP contribution < -0.4 is 5.32 Å². The third kappa shape index (κ3) is 7.12. The SMILES string of the molecule is O=C(/C=C\c1cccnc1)NCCCS(=O)(=O)N1CCC(C(c2ccccc2)c2ccccc2)CC1. The fraction of sp³-hybridized carbons (Fsp3) is 0.310. The largest absolute Gasteiger partial charge is 0.353 e. The molecule has 0 saturated carbocycles. The van der Waals surface area contributed by atoms with Gasteiger partial charge in [0, 0.05) is 44.0 Å². The van der Waals surface area contributed by atoms with Gasteiger partial charge in [0.15, 0.2) is 0 Å². The normalized spacial score (nSPS) is 15.4. The number of piperidine rings is 1. The van der Waals surface area contributed by atoms with E-state index in [1.54, 1.807) is 28.8 Å². The molecule has 1 N–H and O–H groups in total. The summed E-state index contributed by atoms with van der Waals surface area (Å²) < 4.78 is 27.5. The van der Waals surface area contributed by atoms with Crippen molar-refractivity contribution in [2.75, 3.05) is 25.4 Å². The lowest BCUT2D eigenvalue weighted by Crippen LogP contribution is -2.41. The molecular weight excluding hydrogens is 470 g/mol. The Labute approximate surface area is 214 Å². The summed E-state index contributed by atoms with van der Waals surface area (Å²) in [6.45, 7) is 1.38. The number of sulfonamides is 1. The maximum absolute atomic E-state index is 12.9. The molecule has 6 nitrogen and oxygen atoms in total. The first-order valence-corrected chi connectivity index (χ1v) is 14.1. The van der Waals surface area contributed by atoms with E-state index >= 15 is 0 Å². The quantitative estimate of drug-likeness (QED) is 0.327. The number of hydrogen-bond acceptors (Lipinski definition) is 4. The molecule has 36 heavy (non-hydrogen) atoms. The number of carbonyl (C=O) groups is 1. The molecule has 0 aliphatic carbocycles. The number of hydrogen-bond donors (Lipinski definition) is 1. The van der Waals surface area contributed by atoms with Crippen molar-refractivity contribution in [2.24, 2.45) is 5.92 Å². The van der Waals surface area contributed by atoms with Crippen LogP contribution in [-0.2, 0) is 14.8 Å². The predicted molar refractivity (Wildman–Crippen MR) is 144 cm³/mol. The average molecular weight is 504 g/mol. The van der Waals surface area contributed by atoms with Crippen molar-refractivity contribution in [2.45, 2.75) is 25.2 Å². The van der Waals surface area contributed by atoms with Crippen LogP contribution in [0, 0.1) is 5.92 Å². The summed E-state index contributed by atoms with van der Waals surface area (Å²) in [6, 6.07) is 24.7. The van der Waals surface area contributed by atoms with Crippen molar-refractivity contribution in [3.05, 3.63) is 108 Å². The van der Waals surface area contributed by atoms with Crippen LogP contribution in [0.2, 0.25) is 0 Å². The zero-order valence-electron chi connectivity index (χ0n) is 20.4. The molecule has 1 saturated heterocycles. The van der Waals surface area contributed by atoms with Gasteiger partial charge in [-0.3, -0.25) is 9.78 Å². The fourth-order valence-corrected chi connectivity index (χ4v) is 6.38. The Balaban J connectivity index is 1.27. The van der Waals surface area contributed by atoms with Gasteiger partial charge in [0.1, 0.15) is 0 Å². The van der Waals surface area contributed by atoms with Crippen molar-refractivity contribution < 1.29 is 13.2 Å². The molecule has 2 aromatic carbocycles. The van der Waals surface area contributed by atoms with Crippen LogP contribution in [0.3, 0.4) is 0 Å². The number of nitrogens with one attached hydrogen (secondary N) is 1. The molecular formula is C29H33N3O3S. The van der Waals surface area contributed by atoms with Crippen LogP contribution >= 0.6 is 0 Å². The Hall–Kier alpha value is -3.29. The number of aromatic nitrogens is 1. The molecule has 1 amide bonds. The molecule has 1 aromatic heterocycles. The minimum atomic E-state index is -3.36. The second-order valence-corrected chi connectivity index (χ2v) is 11.2. The van der Waals surface area contributed by atoms with Gasteiger partial charge in [0.05, 0.1) is 5.75 Å². The molecule has 1 fully saturated rings. The standard InChI is InChI=1S/C29H33N3O3S/c33-28(15-14-24-9-7-18-30-23-24)31-19-8-22-36(34,35)32-20-16-27(17-21-32)29(25-10-3-1-4-11-25)26-12-5-2-6-13-26/h1-7,9-15,18,23,27,29H,8,16-17,19-22H2,(H,31,33)/b15-14-. The zero-order chi connectivity index (χ0) is 25.2. The highest BCUT2D eigenvalue weighted by atomic mass is 32.2. The van der Waals surface area contributed by atoms with Gasteiger partial charge >= 0.3 is 0 Å². The Morgan fingerprint density at radius 2 is 1.61 bits per heavy atom. The summed E-state index contributed by atoms with van der Waals surface area (Å²) in [6.07, 6.45) is 8.48. The maximum atomic E-state index is 12.9. The molecule has 1 aliphatic rings. The highest BCUT2D eigenvalue weighted by molar-refractivity contribution is 7.89. The van der Waals surface area contributed by atoms with Gasteiger partial charge in [-0.1, -0.05) is 66.7 Å². The molecule has 0 bridgehead atoms. The van der Waals surface area contributed by atoms with E-state index in [1.165, 1.54) is 17.2 Å². The van der Waals surface area contributed by atoms with E-state index in [-0.39, 0.29) is 17.6 Å². The van der Waals surface area contributed by atoms with Crippen molar-refractivity contribution in [3.63, 3.8) is 0 Å². The molecule has 0 atom stereocenters. The van der Waals surface area contributed by atoms with E-state index < -0.39 is 10.0 Å². The van der Waals surface area contributed by atoms with Crippen molar-refractivity contribution in [3.8, 4) is 0 Å². The second-order valence-electron chi connectivity index (χ2n) is 9.12. The first-order chi connectivity index (χ1) is 17.5. The van der Waals surface area contributed by atoms with Gasteiger partial charge in [0.2, 0.25) is 15.9 Å². The first-order valence-electron chi connectivity index (χ1n) is 12.5. The molecule has 0 unspecified atom stereocenters. The summed E-state index contributed by atoms with van der Waals surface area (Å²) in [5.41, 5.74) is 3.39. The van der Waals surface area contributed by atoms with Gasteiger partial charge in [-0.15, -0.1) is 0 Å². The van der Waals surface area contributed by atoms with Crippen molar-refractivity contribution in [1.82, 2.24) is 14.6 Å². The van der Waals surface area contributed by atoms with Crippen LogP contribution in [0.1, 0.15) is 41.9 Å². The smallest absolute Gasteiger partial charge is 0.244 e. The number of rotatable bonds is 10. The Bertz CT molecular complexity index is 1190. The number of amides is 1. The molecule has 7 heteroatoms. The summed E-state index contributed by atoms with van der Waals surface area (Å²) in [5.74, 6) is 0.426. The minimum Gasteiger partial charge on any atom is -0.353 e. The number of carbonyl (C=O) groups excluding carboxylic acids is 1. The summed E-state index contributed by atoms with van der Waals surface area (Å²) in [5, 5.41) is 2.76. The topological polar surface area (TPSA) is 79.4 Å².